The molecule has 1 aliphatic heterocycles. The Labute approximate surface area is 102 Å². The second kappa shape index (κ2) is 4.92. The monoisotopic (exact) mass is 250 g/mol. The van der Waals surface area contributed by atoms with E-state index in [-0.39, 0.29) is 36.0 Å². The molecule has 1 aromatic carbocycles. The maximum Gasteiger partial charge on any atom is 0.293 e. The summed E-state index contributed by atoms with van der Waals surface area (Å²) in [4.78, 5) is 33.9. The minimum Gasteiger partial charge on any atom is -0.370 e. The second-order valence-electron chi connectivity index (χ2n) is 3.72. The summed E-state index contributed by atoms with van der Waals surface area (Å²) < 4.78 is 4.96. The Balaban J connectivity index is 2.45. The summed E-state index contributed by atoms with van der Waals surface area (Å²) in [6.07, 6.45) is 0.526. The third kappa shape index (κ3) is 2.21. The SMILES string of the molecule is O=Cc1ccc(N2CCOCC2=O)c([N+](=O)[O-])c1. The predicted molar refractivity (Wildman–Crippen MR) is 61.7 cm³/mol. The van der Waals surface area contributed by atoms with Crippen LogP contribution in [0.3, 0.4) is 0 Å². The molecule has 7 nitrogen and oxygen atoms in total. The largest absolute Gasteiger partial charge is 0.370 e. The zero-order valence-corrected chi connectivity index (χ0v) is 9.37. The maximum absolute atomic E-state index is 11.6. The molecular formula is C11H10N2O5. The first kappa shape index (κ1) is 12.2. The van der Waals surface area contributed by atoms with E-state index in [1.807, 2.05) is 0 Å². The number of morpholine rings is 1. The fraction of sp³-hybridized carbons (Fsp3) is 0.273. The van der Waals surface area contributed by atoms with Crippen LogP contribution in [-0.2, 0) is 9.53 Å². The molecule has 0 aliphatic carbocycles. The number of hydrogen-bond acceptors (Lipinski definition) is 5. The van der Waals surface area contributed by atoms with Gasteiger partial charge >= 0.3 is 0 Å². The molecular weight excluding hydrogens is 240 g/mol. The highest BCUT2D eigenvalue weighted by Crippen LogP contribution is 2.29. The summed E-state index contributed by atoms with van der Waals surface area (Å²) in [6, 6.07) is 4.01. The molecule has 1 fully saturated rings. The van der Waals surface area contributed by atoms with Crippen LogP contribution >= 0.6 is 0 Å². The summed E-state index contributed by atoms with van der Waals surface area (Å²) in [5.74, 6) is -0.330. The van der Waals surface area contributed by atoms with Crippen LogP contribution in [0.1, 0.15) is 10.4 Å². The van der Waals surface area contributed by atoms with Crippen molar-refractivity contribution >= 4 is 23.6 Å². The first-order valence-corrected chi connectivity index (χ1v) is 5.25. The van der Waals surface area contributed by atoms with Gasteiger partial charge in [0.15, 0.2) is 0 Å². The lowest BCUT2D eigenvalue weighted by molar-refractivity contribution is -0.384. The molecule has 0 atom stereocenters. The number of nitro benzene ring substituents is 1. The van der Waals surface area contributed by atoms with Crippen molar-refractivity contribution in [2.75, 3.05) is 24.7 Å². The third-order valence-electron chi connectivity index (χ3n) is 2.61. The van der Waals surface area contributed by atoms with Crippen molar-refractivity contribution in [3.05, 3.63) is 33.9 Å². The number of benzene rings is 1. The van der Waals surface area contributed by atoms with Crippen molar-refractivity contribution < 1.29 is 19.2 Å². The van der Waals surface area contributed by atoms with Gasteiger partial charge in [-0.15, -0.1) is 0 Å². The number of carbonyl (C=O) groups is 2. The Morgan fingerprint density at radius 3 is 2.83 bits per heavy atom. The molecule has 1 amide bonds. The van der Waals surface area contributed by atoms with Crippen LogP contribution in [0.15, 0.2) is 18.2 Å². The van der Waals surface area contributed by atoms with Crippen LogP contribution in [0.4, 0.5) is 11.4 Å². The molecule has 0 saturated carbocycles. The molecule has 18 heavy (non-hydrogen) atoms. The Morgan fingerprint density at radius 1 is 1.44 bits per heavy atom. The Hall–Kier alpha value is -2.28. The fourth-order valence-electron chi connectivity index (χ4n) is 1.76. The Morgan fingerprint density at radius 2 is 2.22 bits per heavy atom. The molecule has 0 bridgehead atoms. The zero-order chi connectivity index (χ0) is 13.1. The summed E-state index contributed by atoms with van der Waals surface area (Å²) in [6.45, 7) is 0.505. The quantitative estimate of drug-likeness (QED) is 0.449. The van der Waals surface area contributed by atoms with E-state index in [0.29, 0.717) is 12.9 Å². The number of carbonyl (C=O) groups excluding carboxylic acids is 2. The summed E-state index contributed by atoms with van der Waals surface area (Å²) in [5.41, 5.74) is 0.139. The van der Waals surface area contributed by atoms with Crippen molar-refractivity contribution in [2.45, 2.75) is 0 Å². The van der Waals surface area contributed by atoms with Gasteiger partial charge in [0.1, 0.15) is 18.6 Å². The topological polar surface area (TPSA) is 89.8 Å². The number of aldehydes is 1. The van der Waals surface area contributed by atoms with E-state index in [4.69, 9.17) is 4.74 Å². The first-order valence-electron chi connectivity index (χ1n) is 5.25. The van der Waals surface area contributed by atoms with E-state index in [2.05, 4.69) is 0 Å². The van der Waals surface area contributed by atoms with Crippen LogP contribution in [0, 0.1) is 10.1 Å². The molecule has 7 heteroatoms. The van der Waals surface area contributed by atoms with Crippen molar-refractivity contribution in [3.8, 4) is 0 Å². The van der Waals surface area contributed by atoms with Crippen molar-refractivity contribution in [1.29, 1.82) is 0 Å². The number of anilines is 1. The van der Waals surface area contributed by atoms with Crippen LogP contribution in [0.25, 0.3) is 0 Å². The normalized spacial score (nSPS) is 15.6. The number of nitrogens with zero attached hydrogens (tertiary/aromatic N) is 2. The van der Waals surface area contributed by atoms with Crippen molar-refractivity contribution in [2.24, 2.45) is 0 Å². The fourth-order valence-corrected chi connectivity index (χ4v) is 1.76. The molecule has 0 unspecified atom stereocenters. The minimum atomic E-state index is -0.606. The van der Waals surface area contributed by atoms with E-state index in [9.17, 15) is 19.7 Å². The van der Waals surface area contributed by atoms with Gasteiger partial charge in [-0.3, -0.25) is 19.7 Å². The Bertz CT molecular complexity index is 514. The lowest BCUT2D eigenvalue weighted by atomic mass is 10.1. The van der Waals surface area contributed by atoms with Crippen molar-refractivity contribution in [3.63, 3.8) is 0 Å². The van der Waals surface area contributed by atoms with Crippen molar-refractivity contribution in [1.82, 2.24) is 0 Å². The van der Waals surface area contributed by atoms with Gasteiger partial charge in [0.2, 0.25) is 0 Å². The molecule has 1 saturated heterocycles. The molecule has 0 N–H and O–H groups in total. The number of hydrogen-bond donors (Lipinski definition) is 0. The number of amides is 1. The zero-order valence-electron chi connectivity index (χ0n) is 9.37. The lowest BCUT2D eigenvalue weighted by Gasteiger charge is -2.26. The Kier molecular flexibility index (Phi) is 3.33. The number of rotatable bonds is 3. The van der Waals surface area contributed by atoms with E-state index in [1.54, 1.807) is 0 Å². The highest BCUT2D eigenvalue weighted by atomic mass is 16.6. The average Bonchev–Trinajstić information content (AvgIpc) is 2.38. The van der Waals surface area contributed by atoms with E-state index in [0.717, 1.165) is 6.07 Å². The molecule has 1 aromatic rings. The lowest BCUT2D eigenvalue weighted by Crippen LogP contribution is -2.41. The summed E-state index contributed by atoms with van der Waals surface area (Å²) >= 11 is 0. The van der Waals surface area contributed by atoms with E-state index >= 15 is 0 Å². The van der Waals surface area contributed by atoms with Gasteiger partial charge in [-0.2, -0.15) is 0 Å². The minimum absolute atomic E-state index is 0.0907. The first-order chi connectivity index (χ1) is 8.63. The number of ether oxygens (including phenoxy) is 1. The second-order valence-corrected chi connectivity index (χ2v) is 3.72. The standard InChI is InChI=1S/C11H10N2O5/c14-6-8-1-2-9(10(5-8)13(16)17)12-3-4-18-7-11(12)15/h1-2,5-6H,3-4,7H2. The van der Waals surface area contributed by atoms with E-state index in [1.165, 1.54) is 17.0 Å². The van der Waals surface area contributed by atoms with Gasteiger partial charge in [0.05, 0.1) is 11.5 Å². The van der Waals surface area contributed by atoms with Gasteiger partial charge in [0.25, 0.3) is 11.6 Å². The molecule has 2 rings (SSSR count). The highest BCUT2D eigenvalue weighted by molar-refractivity contribution is 5.97. The van der Waals surface area contributed by atoms with E-state index < -0.39 is 4.92 Å². The van der Waals surface area contributed by atoms with Gasteiger partial charge in [-0.05, 0) is 12.1 Å². The maximum atomic E-state index is 11.6. The predicted octanol–water partition coefficient (Wildman–Crippen LogP) is 0.770. The highest BCUT2D eigenvalue weighted by Gasteiger charge is 2.27. The molecule has 1 aliphatic rings. The molecule has 0 spiro atoms. The van der Waals surface area contributed by atoms with Gasteiger partial charge in [-0.1, -0.05) is 0 Å². The number of nitro groups is 1. The molecule has 1 heterocycles. The summed E-state index contributed by atoms with van der Waals surface area (Å²) in [5, 5.41) is 11.0. The van der Waals surface area contributed by atoms with Crippen LogP contribution in [0.2, 0.25) is 0 Å². The van der Waals surface area contributed by atoms with Crippen LogP contribution in [0.5, 0.6) is 0 Å². The van der Waals surface area contributed by atoms with Crippen LogP contribution in [-0.4, -0.2) is 36.9 Å². The van der Waals surface area contributed by atoms with Gasteiger partial charge in [0, 0.05) is 18.2 Å². The van der Waals surface area contributed by atoms with Gasteiger partial charge in [-0.25, -0.2) is 0 Å². The average molecular weight is 250 g/mol. The van der Waals surface area contributed by atoms with Crippen LogP contribution < -0.4 is 4.90 Å². The molecule has 94 valence electrons. The molecule has 0 aromatic heterocycles. The smallest absolute Gasteiger partial charge is 0.293 e. The summed E-state index contributed by atoms with van der Waals surface area (Å²) in [7, 11) is 0. The molecule has 0 radical (unpaired) electrons. The van der Waals surface area contributed by atoms with Gasteiger partial charge < -0.3 is 9.64 Å². The third-order valence-corrected chi connectivity index (χ3v) is 2.61.